The van der Waals surface area contributed by atoms with Crippen LogP contribution in [-0.4, -0.2) is 11.9 Å². The van der Waals surface area contributed by atoms with E-state index >= 15 is 0 Å². The standard InChI is InChI=1S/2C24H48O2.Mn/c2*1-2-3-4-5-6-7-8-9-10-11-12-13-14-15-16-17-18-19-20-21-22-23-24(25)26;/h2*2-23H2,1H3,(H,25,26);/q;;+2/p-2. The number of aliphatic carboxylic acids is 2. The Morgan fingerprint density at radius 2 is 0.358 bits per heavy atom. The van der Waals surface area contributed by atoms with Crippen LogP contribution in [-0.2, 0) is 26.7 Å². The Morgan fingerprint density at radius 1 is 0.245 bits per heavy atom. The summed E-state index contributed by atoms with van der Waals surface area (Å²) in [6.07, 6.45) is 57.4. The molecule has 0 aromatic carbocycles. The molecule has 1 radical (unpaired) electrons. The largest absolute Gasteiger partial charge is 2.00 e. The van der Waals surface area contributed by atoms with Crippen LogP contribution in [0.2, 0.25) is 0 Å². The van der Waals surface area contributed by atoms with Crippen LogP contribution in [0.25, 0.3) is 0 Å². The number of rotatable bonds is 44. The van der Waals surface area contributed by atoms with Gasteiger partial charge in [-0.2, -0.15) is 0 Å². The second-order valence-corrected chi connectivity index (χ2v) is 16.4. The van der Waals surface area contributed by atoms with Crippen molar-refractivity contribution in [2.24, 2.45) is 0 Å². The predicted molar refractivity (Wildman–Crippen MR) is 225 cm³/mol. The van der Waals surface area contributed by atoms with Crippen molar-refractivity contribution in [1.82, 2.24) is 0 Å². The van der Waals surface area contributed by atoms with Gasteiger partial charge in [-0.25, -0.2) is 0 Å². The summed E-state index contributed by atoms with van der Waals surface area (Å²) in [5.74, 6) is -1.80. The zero-order chi connectivity index (χ0) is 38.3. The first-order chi connectivity index (χ1) is 25.5. The maximum atomic E-state index is 10.3. The van der Waals surface area contributed by atoms with Gasteiger partial charge in [-0.15, -0.1) is 0 Å². The first kappa shape index (κ1) is 56.8. The van der Waals surface area contributed by atoms with Crippen LogP contribution in [0.1, 0.15) is 296 Å². The molecule has 0 aliphatic rings. The smallest absolute Gasteiger partial charge is 0.550 e. The fourth-order valence-electron chi connectivity index (χ4n) is 7.40. The van der Waals surface area contributed by atoms with Gasteiger partial charge in [0.25, 0.3) is 0 Å². The third-order valence-corrected chi connectivity index (χ3v) is 11.0. The number of hydrogen-bond donors (Lipinski definition) is 0. The molecular formula is C48H94MnO4. The average molecular weight is 790 g/mol. The monoisotopic (exact) mass is 790 g/mol. The molecule has 0 rings (SSSR count). The minimum atomic E-state index is -0.900. The molecule has 0 heterocycles. The molecule has 5 heteroatoms. The minimum absolute atomic E-state index is 0. The van der Waals surface area contributed by atoms with Crippen LogP contribution in [0.3, 0.4) is 0 Å². The van der Waals surface area contributed by atoms with E-state index in [1.165, 1.54) is 244 Å². The summed E-state index contributed by atoms with van der Waals surface area (Å²) in [5.41, 5.74) is 0. The van der Waals surface area contributed by atoms with E-state index in [-0.39, 0.29) is 29.9 Å². The van der Waals surface area contributed by atoms with Gasteiger partial charge in [-0.05, 0) is 25.7 Å². The van der Waals surface area contributed by atoms with E-state index in [1.54, 1.807) is 0 Å². The zero-order valence-electron chi connectivity index (χ0n) is 36.1. The van der Waals surface area contributed by atoms with Gasteiger partial charge in [0.15, 0.2) is 0 Å². The van der Waals surface area contributed by atoms with Crippen molar-refractivity contribution in [3.05, 3.63) is 0 Å². The molecule has 0 aromatic heterocycles. The molecule has 0 saturated heterocycles. The third-order valence-electron chi connectivity index (χ3n) is 11.0. The molecule has 0 unspecified atom stereocenters. The molecule has 53 heavy (non-hydrogen) atoms. The van der Waals surface area contributed by atoms with Gasteiger partial charge in [-0.1, -0.05) is 271 Å². The fraction of sp³-hybridized carbons (Fsp3) is 0.958. The van der Waals surface area contributed by atoms with Crippen LogP contribution in [0.15, 0.2) is 0 Å². The van der Waals surface area contributed by atoms with Crippen LogP contribution in [0.4, 0.5) is 0 Å². The minimum Gasteiger partial charge on any atom is -0.550 e. The Kier molecular flexibility index (Phi) is 57.4. The van der Waals surface area contributed by atoms with Crippen molar-refractivity contribution in [2.45, 2.75) is 296 Å². The Morgan fingerprint density at radius 3 is 0.472 bits per heavy atom. The van der Waals surface area contributed by atoms with E-state index in [9.17, 15) is 19.8 Å². The summed E-state index contributed by atoms with van der Waals surface area (Å²) >= 11 is 0. The number of unbranched alkanes of at least 4 members (excludes halogenated alkanes) is 40. The maximum absolute atomic E-state index is 10.3. The van der Waals surface area contributed by atoms with Gasteiger partial charge in [-0.3, -0.25) is 0 Å². The number of carboxylic acid groups (broad SMARTS) is 2. The van der Waals surface area contributed by atoms with Crippen LogP contribution >= 0.6 is 0 Å². The molecule has 0 bridgehead atoms. The SMILES string of the molecule is CCCCCCCCCCCCCCCCCCCCCCCC(=O)[O-].CCCCCCCCCCCCCCCCCCCCCCCC(=O)[O-].[Mn+2]. The van der Waals surface area contributed by atoms with Crippen molar-refractivity contribution in [3.8, 4) is 0 Å². The van der Waals surface area contributed by atoms with Crippen molar-refractivity contribution in [3.63, 3.8) is 0 Å². The summed E-state index contributed by atoms with van der Waals surface area (Å²) in [4.78, 5) is 20.6. The normalized spacial score (nSPS) is 10.9. The Hall–Kier alpha value is -0.541. The number of hydrogen-bond acceptors (Lipinski definition) is 4. The summed E-state index contributed by atoms with van der Waals surface area (Å²) in [6, 6.07) is 0. The second kappa shape index (κ2) is 53.6. The van der Waals surface area contributed by atoms with Gasteiger partial charge in [0.1, 0.15) is 0 Å². The first-order valence-corrected chi connectivity index (χ1v) is 23.9. The molecule has 317 valence electrons. The van der Waals surface area contributed by atoms with Crippen LogP contribution in [0.5, 0.6) is 0 Å². The number of carboxylic acids is 2. The number of carbonyl (C=O) groups excluding carboxylic acids is 2. The van der Waals surface area contributed by atoms with E-state index in [1.807, 2.05) is 0 Å². The van der Waals surface area contributed by atoms with Crippen LogP contribution < -0.4 is 10.2 Å². The van der Waals surface area contributed by atoms with Crippen molar-refractivity contribution < 1.29 is 36.9 Å². The second-order valence-electron chi connectivity index (χ2n) is 16.4. The van der Waals surface area contributed by atoms with Gasteiger partial charge in [0.05, 0.1) is 0 Å². The Bertz CT molecular complexity index is 614. The zero-order valence-corrected chi connectivity index (χ0v) is 37.3. The van der Waals surface area contributed by atoms with E-state index in [4.69, 9.17) is 0 Å². The summed E-state index contributed by atoms with van der Waals surface area (Å²) in [5, 5.41) is 20.6. The topological polar surface area (TPSA) is 80.3 Å². The molecule has 0 N–H and O–H groups in total. The molecule has 0 amide bonds. The van der Waals surface area contributed by atoms with Crippen molar-refractivity contribution in [2.75, 3.05) is 0 Å². The van der Waals surface area contributed by atoms with Crippen molar-refractivity contribution in [1.29, 1.82) is 0 Å². The Balaban J connectivity index is -0.000000926. The molecule has 0 aliphatic heterocycles. The van der Waals surface area contributed by atoms with E-state index in [0.717, 1.165) is 25.7 Å². The van der Waals surface area contributed by atoms with Gasteiger partial charge in [0, 0.05) is 11.9 Å². The summed E-state index contributed by atoms with van der Waals surface area (Å²) < 4.78 is 0. The molecule has 0 fully saturated rings. The Labute approximate surface area is 343 Å². The van der Waals surface area contributed by atoms with E-state index in [2.05, 4.69) is 13.8 Å². The molecule has 4 nitrogen and oxygen atoms in total. The average Bonchev–Trinajstić information content (AvgIpc) is 3.13. The molecule has 0 atom stereocenters. The third kappa shape index (κ3) is 60.9. The van der Waals surface area contributed by atoms with Gasteiger partial charge >= 0.3 is 17.1 Å². The maximum Gasteiger partial charge on any atom is 2.00 e. The number of carbonyl (C=O) groups is 2. The molecule has 0 saturated carbocycles. The molecule has 0 aliphatic carbocycles. The van der Waals surface area contributed by atoms with Gasteiger partial charge in [0.2, 0.25) is 0 Å². The van der Waals surface area contributed by atoms with E-state index in [0.29, 0.717) is 0 Å². The quantitative estimate of drug-likeness (QED) is 0.0455. The molecule has 0 spiro atoms. The molecule has 0 aromatic rings. The first-order valence-electron chi connectivity index (χ1n) is 23.9. The van der Waals surface area contributed by atoms with Crippen LogP contribution in [0, 0.1) is 0 Å². The summed E-state index contributed by atoms with van der Waals surface area (Å²) in [6.45, 7) is 4.57. The van der Waals surface area contributed by atoms with E-state index < -0.39 is 11.9 Å². The molecular weight excluding hydrogens is 695 g/mol. The fourth-order valence-corrected chi connectivity index (χ4v) is 7.40. The van der Waals surface area contributed by atoms with Gasteiger partial charge < -0.3 is 19.8 Å². The van der Waals surface area contributed by atoms with Crippen molar-refractivity contribution >= 4 is 11.9 Å². The predicted octanol–water partition coefficient (Wildman–Crippen LogP) is 14.7. The summed E-state index contributed by atoms with van der Waals surface area (Å²) in [7, 11) is 0.